The van der Waals surface area contributed by atoms with Gasteiger partial charge in [-0.15, -0.1) is 0 Å². The van der Waals surface area contributed by atoms with Gasteiger partial charge in [-0.3, -0.25) is 9.78 Å². The van der Waals surface area contributed by atoms with Crippen LogP contribution >= 0.6 is 0 Å². The molecule has 0 unspecified atom stereocenters. The van der Waals surface area contributed by atoms with Gasteiger partial charge in [0, 0.05) is 29.8 Å². The summed E-state index contributed by atoms with van der Waals surface area (Å²) in [7, 11) is 0. The largest absolute Gasteiger partial charge is 0.507 e. The lowest BCUT2D eigenvalue weighted by Gasteiger charge is -2.12. The number of fused-ring (bicyclic) bond motifs is 1. The van der Waals surface area contributed by atoms with E-state index in [2.05, 4.69) is 25.7 Å². The lowest BCUT2D eigenvalue weighted by atomic mass is 10.0. The van der Waals surface area contributed by atoms with Crippen molar-refractivity contribution in [2.45, 2.75) is 38.1 Å². The maximum absolute atomic E-state index is 13.2. The number of halogens is 1. The lowest BCUT2D eigenvalue weighted by molar-refractivity contribution is 0.102. The van der Waals surface area contributed by atoms with Gasteiger partial charge in [0.05, 0.1) is 28.6 Å². The van der Waals surface area contributed by atoms with Crippen molar-refractivity contribution in [2.24, 2.45) is 0 Å². The van der Waals surface area contributed by atoms with Crippen molar-refractivity contribution in [3.8, 4) is 17.0 Å². The first-order chi connectivity index (χ1) is 19.9. The first-order valence-corrected chi connectivity index (χ1v) is 13.4. The highest BCUT2D eigenvalue weighted by molar-refractivity contribution is 6.03. The molecule has 0 radical (unpaired) electrons. The molecule has 0 aliphatic heterocycles. The minimum Gasteiger partial charge on any atom is -0.507 e. The van der Waals surface area contributed by atoms with Crippen molar-refractivity contribution in [3.63, 3.8) is 0 Å². The Labute approximate surface area is 235 Å². The second-order valence-corrected chi connectivity index (χ2v) is 10.1. The van der Waals surface area contributed by atoms with Gasteiger partial charge >= 0.3 is 6.03 Å². The molecule has 0 bridgehead atoms. The van der Waals surface area contributed by atoms with Gasteiger partial charge in [0.25, 0.3) is 5.91 Å². The Bertz CT molecular complexity index is 1750. The highest BCUT2D eigenvalue weighted by Gasteiger charge is 2.26. The van der Waals surface area contributed by atoms with Crippen molar-refractivity contribution < 1.29 is 19.1 Å². The fraction of sp³-hybridized carbons (Fsp3) is 0.194. The summed E-state index contributed by atoms with van der Waals surface area (Å²) < 4.78 is 14.6. The third-order valence-electron chi connectivity index (χ3n) is 7.27. The first kappa shape index (κ1) is 26.1. The number of nitrogens with one attached hydrogen (secondary N) is 2. The molecule has 5 aromatic rings. The topological polar surface area (TPSA) is 122 Å². The number of aromatic nitrogens is 4. The smallest absolute Gasteiger partial charge is 0.342 e. The summed E-state index contributed by atoms with van der Waals surface area (Å²) in [6.45, 7) is 0.222. The van der Waals surface area contributed by atoms with E-state index in [0.29, 0.717) is 28.0 Å². The van der Waals surface area contributed by atoms with E-state index in [1.807, 2.05) is 24.3 Å². The molecular formula is C31H27FN6O3. The third-order valence-corrected chi connectivity index (χ3v) is 7.27. The predicted octanol–water partition coefficient (Wildman–Crippen LogP) is 6.01. The van der Waals surface area contributed by atoms with E-state index in [9.17, 15) is 19.1 Å². The van der Waals surface area contributed by atoms with Gasteiger partial charge in [-0.25, -0.2) is 14.2 Å². The van der Waals surface area contributed by atoms with Crippen LogP contribution in [0.4, 0.5) is 14.9 Å². The lowest BCUT2D eigenvalue weighted by Crippen LogP contribution is -2.30. The second kappa shape index (κ2) is 11.2. The maximum atomic E-state index is 13.2. The Morgan fingerprint density at radius 2 is 1.73 bits per heavy atom. The summed E-state index contributed by atoms with van der Waals surface area (Å²) >= 11 is 0. The molecule has 10 heteroatoms. The zero-order valence-electron chi connectivity index (χ0n) is 22.0. The van der Waals surface area contributed by atoms with E-state index in [-0.39, 0.29) is 29.7 Å². The van der Waals surface area contributed by atoms with Crippen molar-refractivity contribution in [1.82, 2.24) is 25.1 Å². The number of nitrogens with zero attached hydrogens (tertiary/aromatic N) is 4. The summed E-state index contributed by atoms with van der Waals surface area (Å²) in [4.78, 5) is 34.6. The molecule has 206 valence electrons. The number of anilines is 1. The van der Waals surface area contributed by atoms with Crippen LogP contribution in [0.3, 0.4) is 0 Å². The van der Waals surface area contributed by atoms with Crippen LogP contribution in [0.5, 0.6) is 5.75 Å². The standard InChI is InChI=1S/C31H27FN6O3/c32-21-11-9-19(10-12-21)17-34-31(41)38-28(20-5-1-2-6-20)16-26(37-38)23-14-13-22(15-29(23)39)35-30(40)27-18-33-24-7-3-4-8-25(24)36-27/h3-4,7-16,18,20,39H,1-2,5-6,17H2,(H,34,41)(H,35,40). The molecule has 3 N–H and O–H groups in total. The van der Waals surface area contributed by atoms with Crippen LogP contribution in [-0.4, -0.2) is 36.8 Å². The Kier molecular flexibility index (Phi) is 7.11. The van der Waals surface area contributed by atoms with Gasteiger partial charge in [0.1, 0.15) is 17.3 Å². The molecule has 3 aromatic carbocycles. The predicted molar refractivity (Wildman–Crippen MR) is 152 cm³/mol. The van der Waals surface area contributed by atoms with Crippen LogP contribution in [-0.2, 0) is 6.54 Å². The van der Waals surface area contributed by atoms with Gasteiger partial charge in [-0.2, -0.15) is 9.78 Å². The van der Waals surface area contributed by atoms with Crippen LogP contribution < -0.4 is 10.6 Å². The fourth-order valence-electron chi connectivity index (χ4n) is 5.14. The Morgan fingerprint density at radius 3 is 2.49 bits per heavy atom. The SMILES string of the molecule is O=C(Nc1ccc(-c2cc(C3CCCC3)n(C(=O)NCc3ccc(F)cc3)n2)c(O)c1)c1cnc2ccccc2n1. The van der Waals surface area contributed by atoms with Crippen molar-refractivity contribution in [2.75, 3.05) is 5.32 Å². The van der Waals surface area contributed by atoms with Crippen LogP contribution in [0.25, 0.3) is 22.3 Å². The molecule has 1 aliphatic rings. The quantitative estimate of drug-likeness (QED) is 0.238. The number of para-hydroxylation sites is 2. The number of phenolic OH excluding ortho intramolecular Hbond substituents is 1. The van der Waals surface area contributed by atoms with Gasteiger partial charge in [-0.1, -0.05) is 37.1 Å². The highest BCUT2D eigenvalue weighted by Crippen LogP contribution is 2.38. The molecule has 0 saturated heterocycles. The summed E-state index contributed by atoms with van der Waals surface area (Å²) in [6.07, 6.45) is 5.45. The van der Waals surface area contributed by atoms with Crippen molar-refractivity contribution in [3.05, 3.63) is 102 Å². The number of hydrogen-bond donors (Lipinski definition) is 3. The number of carbonyl (C=O) groups excluding carboxylic acids is 2. The highest BCUT2D eigenvalue weighted by atomic mass is 19.1. The zero-order valence-corrected chi connectivity index (χ0v) is 22.0. The van der Waals surface area contributed by atoms with Crippen LogP contribution in [0.2, 0.25) is 0 Å². The van der Waals surface area contributed by atoms with E-state index in [0.717, 1.165) is 36.9 Å². The second-order valence-electron chi connectivity index (χ2n) is 10.1. The number of rotatable bonds is 6. The van der Waals surface area contributed by atoms with Crippen molar-refractivity contribution in [1.29, 1.82) is 0 Å². The molecule has 1 aliphatic carbocycles. The Hall–Kier alpha value is -5.12. The van der Waals surface area contributed by atoms with Gasteiger partial charge in [0.2, 0.25) is 0 Å². The van der Waals surface area contributed by atoms with E-state index >= 15 is 0 Å². The summed E-state index contributed by atoms with van der Waals surface area (Å²) in [5.41, 5.74) is 4.23. The molecule has 0 spiro atoms. The maximum Gasteiger partial charge on any atom is 0.342 e. The molecule has 2 heterocycles. The first-order valence-electron chi connectivity index (χ1n) is 13.4. The monoisotopic (exact) mass is 550 g/mol. The number of benzene rings is 3. The summed E-state index contributed by atoms with van der Waals surface area (Å²) in [5, 5.41) is 21.0. The number of aromatic hydroxyl groups is 1. The van der Waals surface area contributed by atoms with Crippen LogP contribution in [0, 0.1) is 5.82 Å². The normalized spacial score (nSPS) is 13.4. The summed E-state index contributed by atoms with van der Waals surface area (Å²) in [5.74, 6) is -0.715. The molecule has 6 rings (SSSR count). The number of phenols is 1. The van der Waals surface area contributed by atoms with Crippen molar-refractivity contribution >= 4 is 28.7 Å². The zero-order chi connectivity index (χ0) is 28.3. The fourth-order valence-corrected chi connectivity index (χ4v) is 5.14. The van der Waals surface area contributed by atoms with E-state index in [4.69, 9.17) is 0 Å². The minimum atomic E-state index is -0.457. The molecule has 1 saturated carbocycles. The third kappa shape index (κ3) is 5.62. The number of hydrogen-bond acceptors (Lipinski definition) is 6. The molecule has 41 heavy (non-hydrogen) atoms. The molecular weight excluding hydrogens is 523 g/mol. The van der Waals surface area contributed by atoms with Crippen LogP contribution in [0.1, 0.15) is 53.3 Å². The van der Waals surface area contributed by atoms with E-state index in [1.54, 1.807) is 30.3 Å². The molecule has 1 fully saturated rings. The van der Waals surface area contributed by atoms with Gasteiger partial charge in [-0.05, 0) is 60.9 Å². The average Bonchev–Trinajstić information content (AvgIpc) is 3.67. The Balaban J connectivity index is 1.22. The molecule has 2 amide bonds. The molecule has 9 nitrogen and oxygen atoms in total. The number of amides is 2. The van der Waals surface area contributed by atoms with E-state index in [1.165, 1.54) is 29.1 Å². The average molecular weight is 551 g/mol. The van der Waals surface area contributed by atoms with Crippen LogP contribution in [0.15, 0.2) is 79.0 Å². The van der Waals surface area contributed by atoms with Gasteiger partial charge in [0.15, 0.2) is 0 Å². The van der Waals surface area contributed by atoms with E-state index < -0.39 is 11.9 Å². The molecule has 2 aromatic heterocycles. The molecule has 0 atom stereocenters. The summed E-state index contributed by atoms with van der Waals surface area (Å²) in [6, 6.07) is 19.4. The number of carbonyl (C=O) groups is 2. The van der Waals surface area contributed by atoms with Gasteiger partial charge < -0.3 is 15.7 Å². The Morgan fingerprint density at radius 1 is 0.976 bits per heavy atom. The minimum absolute atomic E-state index is 0.0956.